The third-order valence-corrected chi connectivity index (χ3v) is 5.13. The third kappa shape index (κ3) is 3.91. The number of hydrogen-bond donors (Lipinski definition) is 1. The highest BCUT2D eigenvalue weighted by Gasteiger charge is 2.35. The lowest BCUT2D eigenvalue weighted by atomic mass is 9.82. The summed E-state index contributed by atoms with van der Waals surface area (Å²) in [5.74, 6) is 0.214. The summed E-state index contributed by atoms with van der Waals surface area (Å²) in [7, 11) is 1.27. The molecule has 3 aromatic rings. The van der Waals surface area contributed by atoms with E-state index in [1.165, 1.54) is 13.5 Å². The maximum absolute atomic E-state index is 12.8. The molecule has 1 aliphatic rings. The van der Waals surface area contributed by atoms with Gasteiger partial charge in [0.25, 0.3) is 5.91 Å². The SMILES string of the molecule is C[C@H](NC(=O)c1cc(C(F)(F)F)nn1C)c1nc(-c2ccnc(C3CCC3)c2)no1. The number of amides is 1. The van der Waals surface area contributed by atoms with E-state index in [1.54, 1.807) is 19.2 Å². The van der Waals surface area contributed by atoms with E-state index in [0.717, 1.165) is 28.8 Å². The fourth-order valence-electron chi connectivity index (χ4n) is 3.19. The summed E-state index contributed by atoms with van der Waals surface area (Å²) in [5.41, 5.74) is 0.376. The molecule has 0 unspecified atom stereocenters. The fraction of sp³-hybridized carbons (Fsp3) is 0.421. The number of aryl methyl sites for hydroxylation is 1. The number of rotatable bonds is 5. The van der Waals surface area contributed by atoms with Crippen LogP contribution in [0.3, 0.4) is 0 Å². The van der Waals surface area contributed by atoms with Crippen molar-refractivity contribution in [2.45, 2.75) is 44.3 Å². The quantitative estimate of drug-likeness (QED) is 0.677. The number of halogens is 3. The number of carbonyl (C=O) groups excluding carboxylic acids is 1. The van der Waals surface area contributed by atoms with E-state index in [4.69, 9.17) is 4.52 Å². The molecule has 11 heteroatoms. The highest BCUT2D eigenvalue weighted by atomic mass is 19.4. The van der Waals surface area contributed by atoms with Crippen molar-refractivity contribution in [2.24, 2.45) is 7.05 Å². The molecule has 1 aliphatic carbocycles. The first-order chi connectivity index (χ1) is 14.2. The molecule has 0 saturated heterocycles. The number of nitrogens with zero attached hydrogens (tertiary/aromatic N) is 5. The third-order valence-electron chi connectivity index (χ3n) is 5.13. The highest BCUT2D eigenvalue weighted by molar-refractivity contribution is 5.92. The summed E-state index contributed by atoms with van der Waals surface area (Å²) in [5, 5.41) is 9.84. The molecule has 1 atom stereocenters. The molecule has 4 rings (SSSR count). The van der Waals surface area contributed by atoms with Crippen LogP contribution in [0.25, 0.3) is 11.4 Å². The van der Waals surface area contributed by atoms with Crippen molar-refractivity contribution in [1.29, 1.82) is 0 Å². The second-order valence-corrected chi connectivity index (χ2v) is 7.28. The van der Waals surface area contributed by atoms with E-state index < -0.39 is 23.8 Å². The Balaban J connectivity index is 1.47. The molecule has 3 aromatic heterocycles. The fourth-order valence-corrected chi connectivity index (χ4v) is 3.19. The second kappa shape index (κ2) is 7.54. The summed E-state index contributed by atoms with van der Waals surface area (Å²) in [6.07, 6.45) is 0.487. The van der Waals surface area contributed by atoms with Gasteiger partial charge in [-0.1, -0.05) is 11.6 Å². The lowest BCUT2D eigenvalue weighted by Gasteiger charge is -2.24. The van der Waals surface area contributed by atoms with Crippen molar-refractivity contribution >= 4 is 5.91 Å². The molecule has 1 amide bonds. The first kappa shape index (κ1) is 20.0. The molecule has 1 saturated carbocycles. The van der Waals surface area contributed by atoms with E-state index in [9.17, 15) is 18.0 Å². The molecule has 8 nitrogen and oxygen atoms in total. The van der Waals surface area contributed by atoms with Gasteiger partial charge in [0.1, 0.15) is 11.7 Å². The summed E-state index contributed by atoms with van der Waals surface area (Å²) in [6, 6.07) is 3.68. The minimum absolute atomic E-state index is 0.138. The van der Waals surface area contributed by atoms with Crippen molar-refractivity contribution in [2.75, 3.05) is 0 Å². The molecule has 1 fully saturated rings. The summed E-state index contributed by atoms with van der Waals surface area (Å²) >= 11 is 0. The Bertz CT molecular complexity index is 1070. The van der Waals surface area contributed by atoms with Gasteiger partial charge in [-0.15, -0.1) is 0 Å². The predicted octanol–water partition coefficient (Wildman–Crippen LogP) is 3.64. The molecule has 0 spiro atoms. The van der Waals surface area contributed by atoms with Crippen LogP contribution in [0.15, 0.2) is 28.9 Å². The van der Waals surface area contributed by atoms with Gasteiger partial charge in [-0.25, -0.2) is 0 Å². The van der Waals surface area contributed by atoms with Crippen LogP contribution >= 0.6 is 0 Å². The average molecular weight is 420 g/mol. The van der Waals surface area contributed by atoms with Crippen molar-refractivity contribution in [3.63, 3.8) is 0 Å². The molecular formula is C19H19F3N6O2. The van der Waals surface area contributed by atoms with Crippen LogP contribution in [-0.2, 0) is 13.2 Å². The van der Waals surface area contributed by atoms with E-state index in [2.05, 4.69) is 25.5 Å². The molecule has 30 heavy (non-hydrogen) atoms. The van der Waals surface area contributed by atoms with Gasteiger partial charge < -0.3 is 9.84 Å². The van der Waals surface area contributed by atoms with Crippen LogP contribution in [0.1, 0.15) is 65.9 Å². The van der Waals surface area contributed by atoms with Crippen LogP contribution < -0.4 is 5.32 Å². The molecule has 0 radical (unpaired) electrons. The standard InChI is InChI=1S/C19H19F3N6O2/c1-10(24-17(29)14-9-15(19(20,21)22)26-28(14)2)18-25-16(27-30-18)12-6-7-23-13(8-12)11-4-3-5-11/h6-11H,3-5H2,1-2H3,(H,24,29)/t10-/m0/s1. The predicted molar refractivity (Wildman–Crippen MR) is 98.2 cm³/mol. The Hall–Kier alpha value is -3.24. The molecule has 0 bridgehead atoms. The highest BCUT2D eigenvalue weighted by Crippen LogP contribution is 2.36. The normalized spacial score (nSPS) is 15.6. The molecular weight excluding hydrogens is 401 g/mol. The largest absolute Gasteiger partial charge is 0.435 e. The Morgan fingerprint density at radius 1 is 1.33 bits per heavy atom. The zero-order valence-corrected chi connectivity index (χ0v) is 16.3. The van der Waals surface area contributed by atoms with Crippen LogP contribution in [0.5, 0.6) is 0 Å². The van der Waals surface area contributed by atoms with Crippen LogP contribution in [0, 0.1) is 0 Å². The summed E-state index contributed by atoms with van der Waals surface area (Å²) < 4.78 is 44.5. The van der Waals surface area contributed by atoms with E-state index >= 15 is 0 Å². The minimum Gasteiger partial charge on any atom is -0.339 e. The van der Waals surface area contributed by atoms with E-state index in [1.807, 2.05) is 6.07 Å². The molecule has 0 aromatic carbocycles. The van der Waals surface area contributed by atoms with E-state index in [0.29, 0.717) is 17.8 Å². The maximum atomic E-state index is 12.8. The van der Waals surface area contributed by atoms with Crippen molar-refractivity contribution < 1.29 is 22.5 Å². The Morgan fingerprint density at radius 2 is 2.10 bits per heavy atom. The maximum Gasteiger partial charge on any atom is 0.435 e. The van der Waals surface area contributed by atoms with Gasteiger partial charge in [0.2, 0.25) is 11.7 Å². The van der Waals surface area contributed by atoms with E-state index in [-0.39, 0.29) is 11.6 Å². The van der Waals surface area contributed by atoms with Crippen molar-refractivity contribution in [3.05, 3.63) is 47.4 Å². The van der Waals surface area contributed by atoms with Gasteiger partial charge in [-0.2, -0.15) is 23.3 Å². The second-order valence-electron chi connectivity index (χ2n) is 7.28. The lowest BCUT2D eigenvalue weighted by Crippen LogP contribution is -2.28. The number of nitrogens with one attached hydrogen (secondary N) is 1. The van der Waals surface area contributed by atoms with Crippen LogP contribution in [0.2, 0.25) is 0 Å². The number of carbonyl (C=O) groups is 1. The van der Waals surface area contributed by atoms with Gasteiger partial charge in [0, 0.05) is 36.5 Å². The number of aromatic nitrogens is 5. The smallest absolute Gasteiger partial charge is 0.339 e. The summed E-state index contributed by atoms with van der Waals surface area (Å²) in [6.45, 7) is 1.60. The minimum atomic E-state index is -4.63. The van der Waals surface area contributed by atoms with Crippen molar-refractivity contribution in [3.8, 4) is 11.4 Å². The number of hydrogen-bond acceptors (Lipinski definition) is 6. The Kier molecular flexibility index (Phi) is 5.04. The summed E-state index contributed by atoms with van der Waals surface area (Å²) in [4.78, 5) is 21.1. The molecule has 158 valence electrons. The topological polar surface area (TPSA) is 98.7 Å². The Morgan fingerprint density at radius 3 is 2.73 bits per heavy atom. The van der Waals surface area contributed by atoms with Crippen molar-refractivity contribution in [1.82, 2.24) is 30.2 Å². The molecule has 1 N–H and O–H groups in total. The van der Waals surface area contributed by atoms with Gasteiger partial charge >= 0.3 is 6.18 Å². The first-order valence-electron chi connectivity index (χ1n) is 9.44. The lowest BCUT2D eigenvalue weighted by molar-refractivity contribution is -0.141. The molecule has 3 heterocycles. The van der Waals surface area contributed by atoms with Gasteiger partial charge in [0.15, 0.2) is 5.69 Å². The zero-order valence-electron chi connectivity index (χ0n) is 16.3. The number of alkyl halides is 3. The Labute approximate surface area is 169 Å². The van der Waals surface area contributed by atoms with Gasteiger partial charge in [-0.3, -0.25) is 14.5 Å². The van der Waals surface area contributed by atoms with Crippen LogP contribution in [-0.4, -0.2) is 30.8 Å². The number of pyridine rings is 1. The molecule has 0 aliphatic heterocycles. The van der Waals surface area contributed by atoms with Gasteiger partial charge in [0.05, 0.1) is 0 Å². The van der Waals surface area contributed by atoms with Gasteiger partial charge in [-0.05, 0) is 31.9 Å². The first-order valence-corrected chi connectivity index (χ1v) is 9.44. The zero-order chi connectivity index (χ0) is 21.5. The average Bonchev–Trinajstić information content (AvgIpc) is 3.27. The monoisotopic (exact) mass is 420 g/mol. The van der Waals surface area contributed by atoms with Crippen LogP contribution in [0.4, 0.5) is 13.2 Å².